The summed E-state index contributed by atoms with van der Waals surface area (Å²) in [6.07, 6.45) is 5.73. The van der Waals surface area contributed by atoms with Gasteiger partial charge in [0.25, 0.3) is 0 Å². The van der Waals surface area contributed by atoms with Crippen LogP contribution >= 0.6 is 11.8 Å². The molecule has 8 nitrogen and oxygen atoms in total. The van der Waals surface area contributed by atoms with E-state index in [1.165, 1.54) is 4.90 Å². The molecule has 0 aliphatic carbocycles. The number of anilines is 1. The first-order valence-electron chi connectivity index (χ1n) is 8.66. The van der Waals surface area contributed by atoms with Crippen LogP contribution < -0.4 is 27.9 Å². The van der Waals surface area contributed by atoms with Crippen molar-refractivity contribution in [1.29, 1.82) is 0 Å². The normalized spacial score (nSPS) is 10.9. The van der Waals surface area contributed by atoms with Crippen LogP contribution in [-0.2, 0) is 16.1 Å². The van der Waals surface area contributed by atoms with Crippen LogP contribution in [0.1, 0.15) is 11.1 Å². The average molecular weight is 417 g/mol. The predicted octanol–water partition coefficient (Wildman–Crippen LogP) is 2.35. The highest BCUT2D eigenvalue weighted by Crippen LogP contribution is 2.22. The van der Waals surface area contributed by atoms with E-state index >= 15 is 0 Å². The molecule has 0 radical (unpaired) electrons. The van der Waals surface area contributed by atoms with Crippen molar-refractivity contribution in [2.45, 2.75) is 18.4 Å². The van der Waals surface area contributed by atoms with Gasteiger partial charge in [-0.3, -0.25) is 15.2 Å². The number of nitrogens with one attached hydrogen (secondary N) is 1. The maximum atomic E-state index is 8.94. The third-order valence-electron chi connectivity index (χ3n) is 3.75. The first-order chi connectivity index (χ1) is 13.9. The summed E-state index contributed by atoms with van der Waals surface area (Å²) in [7, 11) is 1.80. The van der Waals surface area contributed by atoms with Crippen molar-refractivity contribution < 1.29 is 9.53 Å². The molecule has 0 saturated heterocycles. The van der Waals surface area contributed by atoms with Gasteiger partial charge >= 0.3 is 0 Å². The molecule has 0 bridgehead atoms. The first kappa shape index (κ1) is 24.0. The zero-order valence-electron chi connectivity index (χ0n) is 16.8. The van der Waals surface area contributed by atoms with E-state index in [-0.39, 0.29) is 0 Å². The molecule has 0 unspecified atom stereocenters. The number of amides is 1. The van der Waals surface area contributed by atoms with E-state index in [4.69, 9.17) is 21.1 Å². The number of aryl methyl sites for hydroxylation is 1. The van der Waals surface area contributed by atoms with E-state index in [0.717, 1.165) is 22.5 Å². The number of hydrogen-bond donors (Lipinski definition) is 4. The number of rotatable bonds is 8. The van der Waals surface area contributed by atoms with Crippen LogP contribution in [0.15, 0.2) is 64.3 Å². The Bertz CT molecular complexity index is 822. The summed E-state index contributed by atoms with van der Waals surface area (Å²) in [5.41, 5.74) is 11.5. The van der Waals surface area contributed by atoms with Gasteiger partial charge in [-0.15, -0.1) is 11.8 Å². The molecular formula is C20H28N6O2S. The molecule has 1 amide bonds. The molecule has 9 heteroatoms. The molecule has 2 rings (SSSR count). The summed E-state index contributed by atoms with van der Waals surface area (Å²) in [5.74, 6) is 10.6. The van der Waals surface area contributed by atoms with Crippen molar-refractivity contribution in [3.05, 3.63) is 65.6 Å². The summed E-state index contributed by atoms with van der Waals surface area (Å²) in [4.78, 5) is 14.5. The molecule has 0 atom stereocenters. The summed E-state index contributed by atoms with van der Waals surface area (Å²) >= 11 is 1.70. The van der Waals surface area contributed by atoms with Crippen LogP contribution in [0, 0.1) is 6.92 Å². The van der Waals surface area contributed by atoms with E-state index in [1.807, 2.05) is 55.6 Å². The molecule has 0 saturated carbocycles. The smallest absolute Gasteiger partial charge is 0.221 e. The molecule has 7 N–H and O–H groups in total. The van der Waals surface area contributed by atoms with E-state index in [9.17, 15) is 0 Å². The monoisotopic (exact) mass is 416 g/mol. The van der Waals surface area contributed by atoms with E-state index in [1.54, 1.807) is 41.5 Å². The molecule has 29 heavy (non-hydrogen) atoms. The number of hydrogen-bond acceptors (Lipinski definition) is 8. The van der Waals surface area contributed by atoms with Crippen LogP contribution in [0.2, 0.25) is 0 Å². The highest BCUT2D eigenvalue weighted by Gasteiger charge is 2.08. The number of carbonyl (C=O) groups excluding carboxylic acids is 1. The Morgan fingerprint density at radius 1 is 1.28 bits per heavy atom. The summed E-state index contributed by atoms with van der Waals surface area (Å²) in [6.45, 7) is 2.37. The molecule has 0 aromatic heterocycles. The number of nitrogens with two attached hydrogens (primary N) is 3. The number of allylic oxidation sites excluding steroid dienone is 1. The van der Waals surface area contributed by atoms with Crippen molar-refractivity contribution in [1.82, 2.24) is 5.43 Å². The molecule has 2 aromatic rings. The number of aliphatic imine (C=N–C) groups is 1. The van der Waals surface area contributed by atoms with Crippen LogP contribution in [0.25, 0.3) is 0 Å². The Morgan fingerprint density at radius 3 is 2.48 bits per heavy atom. The fourth-order valence-electron chi connectivity index (χ4n) is 2.27. The Labute approximate surface area is 175 Å². The van der Waals surface area contributed by atoms with Gasteiger partial charge < -0.3 is 15.5 Å². The minimum atomic E-state index is 0.304. The molecular weight excluding hydrogens is 388 g/mol. The van der Waals surface area contributed by atoms with Gasteiger partial charge in [0.1, 0.15) is 6.61 Å². The van der Waals surface area contributed by atoms with E-state index < -0.39 is 0 Å². The number of nitrogens with zero attached hydrogens (tertiary/aromatic N) is 2. The van der Waals surface area contributed by atoms with Gasteiger partial charge in [0.2, 0.25) is 6.41 Å². The quantitative estimate of drug-likeness (QED) is 0.0987. The fourth-order valence-corrected chi connectivity index (χ4v) is 2.68. The number of thioether (sulfide) groups is 1. The highest BCUT2D eigenvalue weighted by atomic mass is 32.2. The third-order valence-corrected chi connectivity index (χ3v) is 4.50. The van der Waals surface area contributed by atoms with Gasteiger partial charge in [0, 0.05) is 29.8 Å². The summed E-state index contributed by atoms with van der Waals surface area (Å²) in [6, 6.07) is 13.9. The SMILES string of the molecule is CSc1ccc(N=C/C=C(\N)OCc2c(C)cccc2N(C)N)cc1.NNC=O. The molecule has 0 aliphatic heterocycles. The second-order valence-corrected chi connectivity index (χ2v) is 6.68. The minimum absolute atomic E-state index is 0.304. The van der Waals surface area contributed by atoms with Crippen LogP contribution in [0.3, 0.4) is 0 Å². The van der Waals surface area contributed by atoms with Crippen LogP contribution in [-0.4, -0.2) is 25.9 Å². The number of hydrazine groups is 2. The Kier molecular flexibility index (Phi) is 10.9. The van der Waals surface area contributed by atoms with Crippen molar-refractivity contribution in [2.24, 2.45) is 22.4 Å². The van der Waals surface area contributed by atoms with Crippen molar-refractivity contribution in [2.75, 3.05) is 18.3 Å². The first-order valence-corrected chi connectivity index (χ1v) is 9.88. The molecule has 2 aromatic carbocycles. The zero-order chi connectivity index (χ0) is 21.6. The van der Waals surface area contributed by atoms with Crippen molar-refractivity contribution >= 4 is 35.8 Å². The lowest BCUT2D eigenvalue weighted by molar-refractivity contribution is -0.109. The average Bonchev–Trinajstić information content (AvgIpc) is 2.73. The Balaban J connectivity index is 0.000000960. The van der Waals surface area contributed by atoms with E-state index in [2.05, 4.69) is 10.8 Å². The number of benzene rings is 2. The Morgan fingerprint density at radius 2 is 1.93 bits per heavy atom. The van der Waals surface area contributed by atoms with Gasteiger partial charge in [0.15, 0.2) is 5.88 Å². The lowest BCUT2D eigenvalue weighted by Gasteiger charge is -2.19. The second-order valence-electron chi connectivity index (χ2n) is 5.80. The maximum absolute atomic E-state index is 8.94. The lowest BCUT2D eigenvalue weighted by Crippen LogP contribution is -2.26. The predicted molar refractivity (Wildman–Crippen MR) is 121 cm³/mol. The minimum Gasteiger partial charge on any atom is -0.474 e. The van der Waals surface area contributed by atoms with E-state index in [0.29, 0.717) is 18.9 Å². The summed E-state index contributed by atoms with van der Waals surface area (Å²) < 4.78 is 5.64. The van der Waals surface area contributed by atoms with Gasteiger partial charge in [-0.2, -0.15) is 0 Å². The highest BCUT2D eigenvalue weighted by molar-refractivity contribution is 7.98. The molecule has 0 heterocycles. The number of carbonyl (C=O) groups is 1. The van der Waals surface area contributed by atoms with Crippen molar-refractivity contribution in [3.8, 4) is 0 Å². The largest absolute Gasteiger partial charge is 0.474 e. The topological polar surface area (TPSA) is 132 Å². The molecule has 0 aliphatic rings. The molecule has 156 valence electrons. The maximum Gasteiger partial charge on any atom is 0.221 e. The van der Waals surface area contributed by atoms with Crippen molar-refractivity contribution in [3.63, 3.8) is 0 Å². The molecule has 0 fully saturated rings. The zero-order valence-corrected chi connectivity index (χ0v) is 17.6. The van der Waals surface area contributed by atoms with Gasteiger partial charge in [-0.05, 0) is 49.1 Å². The van der Waals surface area contributed by atoms with Gasteiger partial charge in [-0.25, -0.2) is 11.7 Å². The standard InChI is InChI=1S/C19H24N4OS.CH4N2O/c1-14-5-4-6-18(23(2)21)17(14)13-24-19(20)11-12-22-15-7-9-16(25-3)10-8-15;2-3-1-4/h4-12H,13,20-21H2,1-3H3;1H,2H2,(H,3,4)/b19-11+,22-12?;. The fraction of sp³-hybridized carbons (Fsp3) is 0.200. The van der Waals surface area contributed by atoms with Gasteiger partial charge in [-0.1, -0.05) is 12.1 Å². The summed E-state index contributed by atoms with van der Waals surface area (Å²) in [5, 5.41) is 1.57. The lowest BCUT2D eigenvalue weighted by atomic mass is 10.1. The second kappa shape index (κ2) is 13.2. The van der Waals surface area contributed by atoms with Crippen LogP contribution in [0.5, 0.6) is 0 Å². The third kappa shape index (κ3) is 8.69. The van der Waals surface area contributed by atoms with Gasteiger partial charge in [0.05, 0.1) is 11.4 Å². The molecule has 0 spiro atoms. The number of ether oxygens (including phenoxy) is 1. The Hall–Kier alpha value is -3.01. The van der Waals surface area contributed by atoms with Crippen LogP contribution in [0.4, 0.5) is 11.4 Å².